The number of carbonyl (C=O) groups is 3. The number of nitrogens with zero attached hydrogens (tertiary/aromatic N) is 1. The number of amides is 1. The number of aliphatic hydroxyl groups is 5. The summed E-state index contributed by atoms with van der Waals surface area (Å²) in [6.45, 7) is 3.63. The fourth-order valence-corrected chi connectivity index (χ4v) is 6.44. The summed E-state index contributed by atoms with van der Waals surface area (Å²) >= 11 is 0.968. The van der Waals surface area contributed by atoms with Crippen LogP contribution in [0.15, 0.2) is 18.2 Å². The largest absolute Gasteiger partial charge is 0.493 e. The number of benzene rings is 2. The summed E-state index contributed by atoms with van der Waals surface area (Å²) in [5.74, 6) is -3.01. The SMILES string of the molecule is COc1cc2c(c(F)c1OCCCOc1c(OC)cc3sc(C(=O)CCC(=O)OC[C@@H](O)[C@@H](O)[C@H](O)[C@H](O)CO)cc3c1F)CN(C(=O)OC(C)(C)C)C2. The van der Waals surface area contributed by atoms with E-state index in [1.165, 1.54) is 31.3 Å². The first kappa shape index (κ1) is 42.4. The maximum atomic E-state index is 15.7. The third kappa shape index (κ3) is 10.2. The van der Waals surface area contributed by atoms with E-state index in [0.29, 0.717) is 10.3 Å². The quantitative estimate of drug-likeness (QED) is 0.0713. The normalized spacial score (nSPS) is 14.9. The molecule has 0 saturated carbocycles. The first-order chi connectivity index (χ1) is 25.5. The van der Waals surface area contributed by atoms with Crippen LogP contribution in [0.5, 0.6) is 23.0 Å². The number of carbonyl (C=O) groups excluding carboxylic acids is 3. The lowest BCUT2D eigenvalue weighted by Gasteiger charge is -2.25. The molecule has 0 aliphatic carbocycles. The molecule has 0 spiro atoms. The minimum absolute atomic E-state index is 0.00687. The van der Waals surface area contributed by atoms with Crippen molar-refractivity contribution in [1.82, 2.24) is 4.90 Å². The Balaban J connectivity index is 1.32. The molecule has 4 atom stereocenters. The number of Topliss-reactive ketones (excluding diaryl/α,β-unsaturated/α-hetero) is 1. The Bertz CT molecular complexity index is 1810. The number of ketones is 1. The Kier molecular flexibility index (Phi) is 14.4. The van der Waals surface area contributed by atoms with Gasteiger partial charge >= 0.3 is 12.1 Å². The molecule has 54 heavy (non-hydrogen) atoms. The molecule has 1 aliphatic heterocycles. The number of ether oxygens (including phenoxy) is 6. The number of rotatable bonds is 18. The molecular formula is C36H45F2NO14S. The van der Waals surface area contributed by atoms with Crippen molar-refractivity contribution in [1.29, 1.82) is 0 Å². The van der Waals surface area contributed by atoms with E-state index >= 15 is 8.78 Å². The van der Waals surface area contributed by atoms with Gasteiger partial charge in [-0.2, -0.15) is 0 Å². The molecule has 18 heteroatoms. The van der Waals surface area contributed by atoms with Gasteiger partial charge in [0.25, 0.3) is 0 Å². The van der Waals surface area contributed by atoms with Crippen LogP contribution in [0.1, 0.15) is 60.8 Å². The maximum absolute atomic E-state index is 15.7. The van der Waals surface area contributed by atoms with Crippen molar-refractivity contribution in [2.75, 3.05) is 40.6 Å². The lowest BCUT2D eigenvalue weighted by Crippen LogP contribution is -2.47. The van der Waals surface area contributed by atoms with Crippen molar-refractivity contribution in [3.8, 4) is 23.0 Å². The standard InChI is InChI=1S/C36H45F2NO14S/c1-36(2,3)53-35(47)39-14-18-11-24(48-4)33(30(38)20(18)15-39)50-9-6-10-51-34-25(49-5)13-26-19(29(34)37)12-27(54-26)21(41)7-8-28(44)52-17-23(43)32(46)31(45)22(42)16-40/h11-13,22-23,31-32,40,42-43,45-46H,6-10,14-17H2,1-5H3/t22-,23-,31-,32-/m1/s1. The second-order valence-electron chi connectivity index (χ2n) is 13.4. The van der Waals surface area contributed by atoms with Gasteiger partial charge in [-0.15, -0.1) is 11.3 Å². The first-order valence-electron chi connectivity index (χ1n) is 16.9. The second kappa shape index (κ2) is 18.3. The molecule has 298 valence electrons. The topological polar surface area (TPSA) is 211 Å². The third-order valence-corrected chi connectivity index (χ3v) is 9.34. The summed E-state index contributed by atoms with van der Waals surface area (Å²) in [5.41, 5.74) is 0.133. The summed E-state index contributed by atoms with van der Waals surface area (Å²) in [5, 5.41) is 47.7. The van der Waals surface area contributed by atoms with Crippen molar-refractivity contribution in [2.45, 2.75) is 83.1 Å². The molecule has 2 aromatic carbocycles. The lowest BCUT2D eigenvalue weighted by atomic mass is 10.0. The summed E-state index contributed by atoms with van der Waals surface area (Å²) in [6, 6.07) is 4.43. The van der Waals surface area contributed by atoms with Crippen LogP contribution in [0.25, 0.3) is 10.1 Å². The predicted molar refractivity (Wildman–Crippen MR) is 188 cm³/mol. The Morgan fingerprint density at radius 1 is 0.870 bits per heavy atom. The molecular weight excluding hydrogens is 740 g/mol. The van der Waals surface area contributed by atoms with Crippen molar-refractivity contribution in [2.24, 2.45) is 0 Å². The smallest absolute Gasteiger partial charge is 0.410 e. The predicted octanol–water partition coefficient (Wildman–Crippen LogP) is 3.24. The minimum Gasteiger partial charge on any atom is -0.493 e. The summed E-state index contributed by atoms with van der Waals surface area (Å²) < 4.78 is 64.0. The molecule has 1 aromatic heterocycles. The van der Waals surface area contributed by atoms with E-state index in [1.807, 2.05) is 0 Å². The van der Waals surface area contributed by atoms with Crippen LogP contribution < -0.4 is 18.9 Å². The van der Waals surface area contributed by atoms with Gasteiger partial charge in [0.1, 0.15) is 36.6 Å². The van der Waals surface area contributed by atoms with E-state index in [4.69, 9.17) is 33.5 Å². The number of halogens is 2. The molecule has 4 rings (SSSR count). The Morgan fingerprint density at radius 2 is 1.48 bits per heavy atom. The van der Waals surface area contributed by atoms with Gasteiger partial charge < -0.3 is 54.0 Å². The Labute approximate surface area is 313 Å². The van der Waals surface area contributed by atoms with Gasteiger partial charge in [-0.25, -0.2) is 13.6 Å². The number of esters is 1. The summed E-state index contributed by atoms with van der Waals surface area (Å²) in [7, 11) is 2.69. The van der Waals surface area contributed by atoms with Crippen LogP contribution in [0.4, 0.5) is 13.6 Å². The van der Waals surface area contributed by atoms with Crippen LogP contribution in [-0.4, -0.2) is 119 Å². The van der Waals surface area contributed by atoms with E-state index < -0.39 is 79.1 Å². The molecule has 15 nitrogen and oxygen atoms in total. The zero-order valence-electron chi connectivity index (χ0n) is 30.4. The molecule has 5 N–H and O–H groups in total. The fraction of sp³-hybridized carbons (Fsp3) is 0.528. The fourth-order valence-electron chi connectivity index (χ4n) is 5.38. The number of hydrogen-bond donors (Lipinski definition) is 5. The number of methoxy groups -OCH3 is 2. The highest BCUT2D eigenvalue weighted by Gasteiger charge is 2.33. The van der Waals surface area contributed by atoms with Crippen molar-refractivity contribution in [3.05, 3.63) is 45.8 Å². The third-order valence-electron chi connectivity index (χ3n) is 8.22. The van der Waals surface area contributed by atoms with Crippen LogP contribution in [-0.2, 0) is 27.4 Å². The van der Waals surface area contributed by atoms with Crippen molar-refractivity contribution < 1.29 is 77.1 Å². The number of fused-ring (bicyclic) bond motifs is 2. The average Bonchev–Trinajstić information content (AvgIpc) is 3.78. The first-order valence-corrected chi connectivity index (χ1v) is 17.7. The molecule has 0 unspecified atom stereocenters. The molecule has 0 radical (unpaired) electrons. The maximum Gasteiger partial charge on any atom is 0.410 e. The zero-order chi connectivity index (χ0) is 39.9. The average molecular weight is 786 g/mol. The summed E-state index contributed by atoms with van der Waals surface area (Å²) in [4.78, 5) is 39.1. The van der Waals surface area contributed by atoms with E-state index in [1.54, 1.807) is 26.8 Å². The zero-order valence-corrected chi connectivity index (χ0v) is 31.2. The molecule has 0 fully saturated rings. The van der Waals surface area contributed by atoms with Crippen LogP contribution >= 0.6 is 11.3 Å². The molecule has 2 heterocycles. The van der Waals surface area contributed by atoms with Gasteiger partial charge in [0, 0.05) is 41.1 Å². The lowest BCUT2D eigenvalue weighted by molar-refractivity contribution is -0.156. The summed E-state index contributed by atoms with van der Waals surface area (Å²) in [6.07, 6.45) is -8.43. The Hall–Kier alpha value is -4.33. The van der Waals surface area contributed by atoms with Crippen molar-refractivity contribution >= 4 is 39.3 Å². The van der Waals surface area contributed by atoms with Gasteiger partial charge in [0.05, 0.1) is 51.9 Å². The molecule has 0 bridgehead atoms. The van der Waals surface area contributed by atoms with Gasteiger partial charge in [-0.1, -0.05) is 0 Å². The highest BCUT2D eigenvalue weighted by atomic mass is 32.1. The van der Waals surface area contributed by atoms with Gasteiger partial charge in [0.2, 0.25) is 0 Å². The molecule has 1 aliphatic rings. The second-order valence-corrected chi connectivity index (χ2v) is 14.5. The van der Waals surface area contributed by atoms with Gasteiger partial charge in [-0.05, 0) is 38.5 Å². The van der Waals surface area contributed by atoms with Crippen LogP contribution in [0, 0.1) is 11.6 Å². The van der Waals surface area contributed by atoms with E-state index in [-0.39, 0.29) is 78.0 Å². The number of thiophene rings is 1. The van der Waals surface area contributed by atoms with Crippen molar-refractivity contribution in [3.63, 3.8) is 0 Å². The molecule has 3 aromatic rings. The van der Waals surface area contributed by atoms with Gasteiger partial charge in [-0.3, -0.25) is 14.5 Å². The molecule has 0 saturated heterocycles. The van der Waals surface area contributed by atoms with E-state index in [9.17, 15) is 34.8 Å². The number of hydrogen-bond acceptors (Lipinski definition) is 15. The van der Waals surface area contributed by atoms with Crippen LogP contribution in [0.2, 0.25) is 0 Å². The molecule has 1 amide bonds. The highest BCUT2D eigenvalue weighted by Crippen LogP contribution is 2.41. The van der Waals surface area contributed by atoms with Gasteiger partial charge in [0.15, 0.2) is 40.4 Å². The minimum atomic E-state index is -1.92. The highest BCUT2D eigenvalue weighted by molar-refractivity contribution is 7.20. The van der Waals surface area contributed by atoms with Crippen LogP contribution in [0.3, 0.4) is 0 Å². The number of aliphatic hydroxyl groups excluding tert-OH is 5. The van der Waals surface area contributed by atoms with E-state index in [2.05, 4.69) is 0 Å². The monoisotopic (exact) mass is 785 g/mol. The Morgan fingerprint density at radius 3 is 2.09 bits per heavy atom. The van der Waals surface area contributed by atoms with E-state index in [0.717, 1.165) is 11.3 Å².